The van der Waals surface area contributed by atoms with E-state index in [0.29, 0.717) is 25.6 Å². The Labute approximate surface area is 155 Å². The Balaban J connectivity index is 1.74. The SMILES string of the molecule is CC(C)(C)OC(=O)N1CC2CCN(c3cc(C(F)(F)F)cc(Cl)n3)CC21. The van der Waals surface area contributed by atoms with Crippen molar-refractivity contribution in [2.45, 2.75) is 45.0 Å². The van der Waals surface area contributed by atoms with E-state index >= 15 is 0 Å². The summed E-state index contributed by atoms with van der Waals surface area (Å²) in [6, 6.07) is 1.73. The van der Waals surface area contributed by atoms with Crippen LogP contribution in [0.25, 0.3) is 0 Å². The van der Waals surface area contributed by atoms with Crippen molar-refractivity contribution in [2.75, 3.05) is 24.5 Å². The summed E-state index contributed by atoms with van der Waals surface area (Å²) in [5.41, 5.74) is -1.42. The average Bonchev–Trinajstić information content (AvgIpc) is 2.45. The zero-order chi connectivity index (χ0) is 19.3. The predicted octanol–water partition coefficient (Wildman–Crippen LogP) is 4.20. The zero-order valence-electron chi connectivity index (χ0n) is 14.8. The number of fused-ring (bicyclic) bond motifs is 1. The number of carbonyl (C=O) groups is 1. The second kappa shape index (κ2) is 6.48. The molecule has 0 aromatic carbocycles. The van der Waals surface area contributed by atoms with Crippen LogP contribution in [0.1, 0.15) is 32.8 Å². The quantitative estimate of drug-likeness (QED) is 0.673. The second-order valence-electron chi connectivity index (χ2n) is 7.73. The molecule has 2 aliphatic heterocycles. The van der Waals surface area contributed by atoms with E-state index in [9.17, 15) is 18.0 Å². The van der Waals surface area contributed by atoms with Crippen LogP contribution in [-0.4, -0.2) is 47.3 Å². The molecule has 9 heteroatoms. The number of hydrogen-bond acceptors (Lipinski definition) is 4. The lowest BCUT2D eigenvalue weighted by Gasteiger charge is -2.53. The third kappa shape index (κ3) is 4.00. The van der Waals surface area contributed by atoms with Crippen molar-refractivity contribution < 1.29 is 22.7 Å². The molecular formula is C17H21ClF3N3O2. The van der Waals surface area contributed by atoms with E-state index in [4.69, 9.17) is 16.3 Å². The Hall–Kier alpha value is -1.70. The molecule has 0 spiro atoms. The summed E-state index contributed by atoms with van der Waals surface area (Å²) in [6.07, 6.45) is -4.10. The van der Waals surface area contributed by atoms with Gasteiger partial charge in [0.2, 0.25) is 0 Å². The van der Waals surface area contributed by atoms with Gasteiger partial charge < -0.3 is 14.5 Å². The van der Waals surface area contributed by atoms with Crippen molar-refractivity contribution in [3.8, 4) is 0 Å². The molecule has 0 N–H and O–H groups in total. The largest absolute Gasteiger partial charge is 0.444 e. The van der Waals surface area contributed by atoms with Gasteiger partial charge in [-0.05, 0) is 39.3 Å². The van der Waals surface area contributed by atoms with Crippen LogP contribution in [0.4, 0.5) is 23.8 Å². The lowest BCUT2D eigenvalue weighted by atomic mass is 9.82. The minimum atomic E-state index is -4.49. The second-order valence-corrected chi connectivity index (χ2v) is 8.12. The molecule has 2 atom stereocenters. The van der Waals surface area contributed by atoms with Crippen LogP contribution in [0.3, 0.4) is 0 Å². The van der Waals surface area contributed by atoms with Crippen molar-refractivity contribution in [3.05, 3.63) is 22.8 Å². The fourth-order valence-electron chi connectivity index (χ4n) is 3.34. The number of halogens is 4. The molecule has 0 radical (unpaired) electrons. The van der Waals surface area contributed by atoms with Gasteiger partial charge in [0.1, 0.15) is 16.6 Å². The number of likely N-dealkylation sites (tertiary alicyclic amines) is 1. The van der Waals surface area contributed by atoms with E-state index < -0.39 is 23.4 Å². The fraction of sp³-hybridized carbons (Fsp3) is 0.647. The lowest BCUT2D eigenvalue weighted by Crippen LogP contribution is -2.66. The van der Waals surface area contributed by atoms with Crippen LogP contribution in [-0.2, 0) is 10.9 Å². The number of carbonyl (C=O) groups excluding carboxylic acids is 1. The van der Waals surface area contributed by atoms with E-state index in [1.54, 1.807) is 30.6 Å². The summed E-state index contributed by atoms with van der Waals surface area (Å²) in [5.74, 6) is 0.513. The molecule has 2 saturated heterocycles. The molecule has 3 rings (SSSR count). The number of nitrogens with zero attached hydrogens (tertiary/aromatic N) is 3. The maximum absolute atomic E-state index is 13.0. The Morgan fingerprint density at radius 1 is 1.27 bits per heavy atom. The van der Waals surface area contributed by atoms with E-state index in [1.165, 1.54) is 0 Å². The van der Waals surface area contributed by atoms with E-state index in [2.05, 4.69) is 4.98 Å². The summed E-state index contributed by atoms with van der Waals surface area (Å²) >= 11 is 5.78. The number of ether oxygens (including phenoxy) is 1. The summed E-state index contributed by atoms with van der Waals surface area (Å²) in [4.78, 5) is 19.7. The number of piperidine rings is 1. The summed E-state index contributed by atoms with van der Waals surface area (Å²) < 4.78 is 44.4. The third-order valence-corrected chi connectivity index (χ3v) is 4.81. The van der Waals surface area contributed by atoms with Gasteiger partial charge in [-0.15, -0.1) is 0 Å². The van der Waals surface area contributed by atoms with Crippen molar-refractivity contribution in [1.29, 1.82) is 0 Å². The Morgan fingerprint density at radius 2 is 1.96 bits per heavy atom. The van der Waals surface area contributed by atoms with E-state index in [0.717, 1.165) is 18.6 Å². The van der Waals surface area contributed by atoms with Crippen molar-refractivity contribution in [3.63, 3.8) is 0 Å². The van der Waals surface area contributed by atoms with Crippen LogP contribution in [0, 0.1) is 5.92 Å². The third-order valence-electron chi connectivity index (χ3n) is 4.61. The van der Waals surface area contributed by atoms with Crippen molar-refractivity contribution in [1.82, 2.24) is 9.88 Å². The fourth-order valence-corrected chi connectivity index (χ4v) is 3.55. The van der Waals surface area contributed by atoms with Gasteiger partial charge in [-0.1, -0.05) is 11.6 Å². The predicted molar refractivity (Wildman–Crippen MR) is 91.3 cm³/mol. The summed E-state index contributed by atoms with van der Waals surface area (Å²) in [5, 5.41) is -0.199. The standard InChI is InChI=1S/C17H21ClF3N3O2/c1-16(2,3)26-15(25)24-8-10-4-5-23(9-12(10)24)14-7-11(17(19,20)21)6-13(18)22-14/h6-7,10,12H,4-5,8-9H2,1-3H3. The summed E-state index contributed by atoms with van der Waals surface area (Å²) in [7, 11) is 0. The topological polar surface area (TPSA) is 45.7 Å². The first kappa shape index (κ1) is 19.1. The highest BCUT2D eigenvalue weighted by Gasteiger charge is 2.47. The van der Waals surface area contributed by atoms with Crippen LogP contribution in [0.2, 0.25) is 5.15 Å². The van der Waals surface area contributed by atoms with Gasteiger partial charge in [-0.3, -0.25) is 0 Å². The molecule has 2 fully saturated rings. The molecule has 5 nitrogen and oxygen atoms in total. The first-order valence-electron chi connectivity index (χ1n) is 8.43. The number of alkyl halides is 3. The number of hydrogen-bond donors (Lipinski definition) is 0. The molecular weight excluding hydrogens is 371 g/mol. The van der Waals surface area contributed by atoms with Gasteiger partial charge in [0, 0.05) is 25.6 Å². The normalized spacial score (nSPS) is 23.3. The van der Waals surface area contributed by atoms with Gasteiger partial charge in [-0.25, -0.2) is 9.78 Å². The van der Waals surface area contributed by atoms with Crippen LogP contribution in [0.15, 0.2) is 12.1 Å². The van der Waals surface area contributed by atoms with Gasteiger partial charge in [-0.2, -0.15) is 13.2 Å². The van der Waals surface area contributed by atoms with Gasteiger partial charge in [0.15, 0.2) is 0 Å². The summed E-state index contributed by atoms with van der Waals surface area (Å²) in [6.45, 7) is 6.99. The number of rotatable bonds is 1. The molecule has 0 aliphatic carbocycles. The number of pyridine rings is 1. The Morgan fingerprint density at radius 3 is 2.58 bits per heavy atom. The molecule has 2 unspecified atom stereocenters. The van der Waals surface area contributed by atoms with Gasteiger partial charge in [0.05, 0.1) is 11.6 Å². The van der Waals surface area contributed by atoms with Crippen LogP contribution in [0.5, 0.6) is 0 Å². The van der Waals surface area contributed by atoms with Crippen LogP contribution < -0.4 is 4.90 Å². The molecule has 3 heterocycles. The highest BCUT2D eigenvalue weighted by molar-refractivity contribution is 6.29. The molecule has 1 amide bonds. The molecule has 144 valence electrons. The zero-order valence-corrected chi connectivity index (χ0v) is 15.6. The number of amides is 1. The highest BCUT2D eigenvalue weighted by Crippen LogP contribution is 2.37. The molecule has 1 aromatic rings. The molecule has 0 saturated carbocycles. The first-order valence-corrected chi connectivity index (χ1v) is 8.81. The first-order chi connectivity index (χ1) is 11.9. The van der Waals surface area contributed by atoms with Gasteiger partial charge >= 0.3 is 12.3 Å². The maximum atomic E-state index is 13.0. The smallest absolute Gasteiger partial charge is 0.416 e. The minimum Gasteiger partial charge on any atom is -0.444 e. The molecule has 2 aliphatic rings. The number of aromatic nitrogens is 1. The average molecular weight is 392 g/mol. The van der Waals surface area contributed by atoms with E-state index in [1.807, 2.05) is 0 Å². The van der Waals surface area contributed by atoms with Crippen LogP contribution >= 0.6 is 11.6 Å². The lowest BCUT2D eigenvalue weighted by molar-refractivity contribution is -0.137. The van der Waals surface area contributed by atoms with Crippen molar-refractivity contribution >= 4 is 23.5 Å². The Bertz CT molecular complexity index is 705. The van der Waals surface area contributed by atoms with E-state index in [-0.39, 0.29) is 17.0 Å². The minimum absolute atomic E-state index is 0.0891. The Kier molecular flexibility index (Phi) is 4.75. The van der Waals surface area contributed by atoms with Gasteiger partial charge in [0.25, 0.3) is 0 Å². The monoisotopic (exact) mass is 391 g/mol. The highest BCUT2D eigenvalue weighted by atomic mass is 35.5. The molecule has 0 bridgehead atoms. The van der Waals surface area contributed by atoms with Crippen molar-refractivity contribution in [2.24, 2.45) is 5.92 Å². The molecule has 1 aromatic heterocycles. The number of anilines is 1. The maximum Gasteiger partial charge on any atom is 0.416 e. The molecule has 26 heavy (non-hydrogen) atoms.